The normalized spacial score (nSPS) is 22.5. The highest BCUT2D eigenvalue weighted by molar-refractivity contribution is 4.83. The quantitative estimate of drug-likeness (QED) is 0.546. The van der Waals surface area contributed by atoms with Crippen molar-refractivity contribution in [3.63, 3.8) is 0 Å². The molecule has 1 atom stereocenters. The number of hydrogen-bond donors (Lipinski definition) is 0. The van der Waals surface area contributed by atoms with Crippen LogP contribution in [0.2, 0.25) is 0 Å². The molecule has 2 heteroatoms. The van der Waals surface area contributed by atoms with E-state index in [9.17, 15) is 0 Å². The molecule has 0 bridgehead atoms. The SMILES string of the molecule is CC(N=NC(C)(C)C)C1CC1. The third-order valence-corrected chi connectivity index (χ3v) is 1.84. The van der Waals surface area contributed by atoms with Crippen molar-refractivity contribution in [3.05, 3.63) is 0 Å². The molecule has 64 valence electrons. The van der Waals surface area contributed by atoms with Gasteiger partial charge in [0.2, 0.25) is 0 Å². The topological polar surface area (TPSA) is 24.7 Å². The van der Waals surface area contributed by atoms with Crippen molar-refractivity contribution in [2.24, 2.45) is 16.1 Å². The van der Waals surface area contributed by atoms with Crippen LogP contribution in [0.3, 0.4) is 0 Å². The van der Waals surface area contributed by atoms with Gasteiger partial charge in [-0.25, -0.2) is 0 Å². The first-order chi connectivity index (χ1) is 4.99. The summed E-state index contributed by atoms with van der Waals surface area (Å²) in [5.41, 5.74) is 0.00313. The third-order valence-electron chi connectivity index (χ3n) is 1.84. The van der Waals surface area contributed by atoms with Crippen LogP contribution in [0.4, 0.5) is 0 Å². The van der Waals surface area contributed by atoms with Gasteiger partial charge in [-0.2, -0.15) is 10.2 Å². The zero-order valence-corrected chi connectivity index (χ0v) is 7.96. The van der Waals surface area contributed by atoms with Crippen LogP contribution in [-0.2, 0) is 0 Å². The Bertz CT molecular complexity index is 151. The van der Waals surface area contributed by atoms with Crippen LogP contribution in [0.25, 0.3) is 0 Å². The zero-order valence-electron chi connectivity index (χ0n) is 7.96. The summed E-state index contributed by atoms with van der Waals surface area (Å²) in [6, 6.07) is 0.453. The molecule has 0 aromatic heterocycles. The number of hydrogen-bond acceptors (Lipinski definition) is 2. The van der Waals surface area contributed by atoms with E-state index in [0.29, 0.717) is 6.04 Å². The maximum absolute atomic E-state index is 4.28. The maximum atomic E-state index is 4.28. The van der Waals surface area contributed by atoms with Gasteiger partial charge in [-0.05, 0) is 46.5 Å². The minimum atomic E-state index is 0.00313. The summed E-state index contributed by atoms with van der Waals surface area (Å²) in [7, 11) is 0. The molecule has 0 aliphatic heterocycles. The highest BCUT2D eigenvalue weighted by atomic mass is 15.2. The minimum absolute atomic E-state index is 0.00313. The van der Waals surface area contributed by atoms with Crippen molar-refractivity contribution in [1.82, 2.24) is 0 Å². The molecule has 1 unspecified atom stereocenters. The predicted octanol–water partition coefficient (Wildman–Crippen LogP) is 3.04. The summed E-state index contributed by atoms with van der Waals surface area (Å²) in [6.07, 6.45) is 2.70. The Labute approximate surface area is 69.1 Å². The zero-order chi connectivity index (χ0) is 8.48. The van der Waals surface area contributed by atoms with Gasteiger partial charge in [-0.15, -0.1) is 0 Å². The van der Waals surface area contributed by atoms with Gasteiger partial charge in [0, 0.05) is 0 Å². The van der Waals surface area contributed by atoms with Crippen LogP contribution in [0.15, 0.2) is 10.2 Å². The van der Waals surface area contributed by atoms with Crippen LogP contribution >= 0.6 is 0 Å². The lowest BCUT2D eigenvalue weighted by Gasteiger charge is -2.11. The number of rotatable bonds is 2. The van der Waals surface area contributed by atoms with E-state index in [1.54, 1.807) is 0 Å². The Morgan fingerprint density at radius 3 is 2.18 bits per heavy atom. The second-order valence-corrected chi connectivity index (χ2v) is 4.46. The molecule has 0 spiro atoms. The molecule has 0 aromatic carbocycles. The summed E-state index contributed by atoms with van der Waals surface area (Å²) in [4.78, 5) is 0. The summed E-state index contributed by atoms with van der Waals surface area (Å²) < 4.78 is 0. The van der Waals surface area contributed by atoms with E-state index >= 15 is 0 Å². The van der Waals surface area contributed by atoms with Gasteiger partial charge >= 0.3 is 0 Å². The van der Waals surface area contributed by atoms with E-state index in [-0.39, 0.29) is 5.54 Å². The summed E-state index contributed by atoms with van der Waals surface area (Å²) in [5.74, 6) is 0.834. The highest BCUT2D eigenvalue weighted by Gasteiger charge is 2.28. The smallest absolute Gasteiger partial charge is 0.0732 e. The molecule has 1 fully saturated rings. The standard InChI is InChI=1S/C9H18N2/c1-7(8-5-6-8)10-11-9(2,3)4/h7-8H,5-6H2,1-4H3. The fourth-order valence-electron chi connectivity index (χ4n) is 0.937. The van der Waals surface area contributed by atoms with Crippen LogP contribution in [-0.4, -0.2) is 11.6 Å². The van der Waals surface area contributed by atoms with Crippen LogP contribution in [0.1, 0.15) is 40.5 Å². The molecule has 2 nitrogen and oxygen atoms in total. The van der Waals surface area contributed by atoms with Crippen molar-refractivity contribution < 1.29 is 0 Å². The predicted molar refractivity (Wildman–Crippen MR) is 46.8 cm³/mol. The van der Waals surface area contributed by atoms with E-state index in [0.717, 1.165) is 5.92 Å². The Balaban J connectivity index is 2.33. The number of azo groups is 1. The first kappa shape index (κ1) is 8.69. The summed E-state index contributed by atoms with van der Waals surface area (Å²) >= 11 is 0. The highest BCUT2D eigenvalue weighted by Crippen LogP contribution is 2.34. The van der Waals surface area contributed by atoms with Gasteiger partial charge in [0.1, 0.15) is 0 Å². The van der Waals surface area contributed by atoms with E-state index < -0.39 is 0 Å². The van der Waals surface area contributed by atoms with Crippen LogP contribution in [0.5, 0.6) is 0 Å². The van der Waals surface area contributed by atoms with Crippen molar-refractivity contribution in [2.75, 3.05) is 0 Å². The Morgan fingerprint density at radius 1 is 1.27 bits per heavy atom. The molecular weight excluding hydrogens is 136 g/mol. The minimum Gasteiger partial charge on any atom is -0.190 e. The van der Waals surface area contributed by atoms with Gasteiger partial charge < -0.3 is 0 Å². The van der Waals surface area contributed by atoms with Gasteiger partial charge in [0.15, 0.2) is 0 Å². The van der Waals surface area contributed by atoms with E-state index in [4.69, 9.17) is 0 Å². The Kier molecular flexibility index (Phi) is 2.31. The maximum Gasteiger partial charge on any atom is 0.0732 e. The summed E-state index contributed by atoms with van der Waals surface area (Å²) in [6.45, 7) is 8.40. The monoisotopic (exact) mass is 154 g/mol. The molecule has 0 heterocycles. The molecule has 1 saturated carbocycles. The van der Waals surface area contributed by atoms with E-state index in [1.807, 2.05) is 0 Å². The average Bonchev–Trinajstić information content (AvgIpc) is 2.61. The molecule has 11 heavy (non-hydrogen) atoms. The van der Waals surface area contributed by atoms with Gasteiger partial charge in [-0.1, -0.05) is 0 Å². The molecule has 0 saturated heterocycles. The van der Waals surface area contributed by atoms with E-state index in [1.165, 1.54) is 12.8 Å². The second-order valence-electron chi connectivity index (χ2n) is 4.46. The fourth-order valence-corrected chi connectivity index (χ4v) is 0.937. The molecule has 1 aliphatic carbocycles. The molecule has 0 aromatic rings. The fraction of sp³-hybridized carbons (Fsp3) is 1.00. The first-order valence-electron chi connectivity index (χ1n) is 4.41. The van der Waals surface area contributed by atoms with Gasteiger partial charge in [0.25, 0.3) is 0 Å². The molecule has 1 rings (SSSR count). The molecule has 0 radical (unpaired) electrons. The average molecular weight is 154 g/mol. The third kappa shape index (κ3) is 3.49. The van der Waals surface area contributed by atoms with Crippen LogP contribution < -0.4 is 0 Å². The van der Waals surface area contributed by atoms with Crippen molar-refractivity contribution >= 4 is 0 Å². The van der Waals surface area contributed by atoms with Crippen molar-refractivity contribution in [3.8, 4) is 0 Å². The van der Waals surface area contributed by atoms with Crippen LogP contribution in [0, 0.1) is 5.92 Å². The lowest BCUT2D eigenvalue weighted by atomic mass is 10.1. The van der Waals surface area contributed by atoms with Crippen molar-refractivity contribution in [2.45, 2.75) is 52.1 Å². The van der Waals surface area contributed by atoms with Gasteiger partial charge in [-0.3, -0.25) is 0 Å². The summed E-state index contributed by atoms with van der Waals surface area (Å²) in [5, 5.41) is 8.53. The lowest BCUT2D eigenvalue weighted by Crippen LogP contribution is -2.10. The largest absolute Gasteiger partial charge is 0.190 e. The second kappa shape index (κ2) is 2.92. The Hall–Kier alpha value is -0.400. The van der Waals surface area contributed by atoms with E-state index in [2.05, 4.69) is 37.9 Å². The molecule has 1 aliphatic rings. The van der Waals surface area contributed by atoms with Crippen molar-refractivity contribution in [1.29, 1.82) is 0 Å². The first-order valence-corrected chi connectivity index (χ1v) is 4.41. The molecule has 0 amide bonds. The van der Waals surface area contributed by atoms with Gasteiger partial charge in [0.05, 0.1) is 11.6 Å². The lowest BCUT2D eigenvalue weighted by molar-refractivity contribution is 0.499. The molecular formula is C9H18N2. The Morgan fingerprint density at radius 2 is 1.82 bits per heavy atom. The number of nitrogens with zero attached hydrogens (tertiary/aromatic N) is 2. The molecule has 0 N–H and O–H groups in total.